The second kappa shape index (κ2) is 4.54. The van der Waals surface area contributed by atoms with Gasteiger partial charge >= 0.3 is 0 Å². The maximum atomic E-state index is 6.15. The largest absolute Gasteiger partial charge is 0.482 e. The number of aromatic amines is 1. The smallest absolute Gasteiger partial charge is 0.155 e. The molecule has 0 saturated carbocycles. The molecule has 0 spiro atoms. The van der Waals surface area contributed by atoms with Crippen LogP contribution in [0.3, 0.4) is 0 Å². The summed E-state index contributed by atoms with van der Waals surface area (Å²) < 4.78 is 6.15. The number of fused-ring (bicyclic) bond motifs is 3. The van der Waals surface area contributed by atoms with Crippen molar-refractivity contribution < 1.29 is 4.74 Å². The summed E-state index contributed by atoms with van der Waals surface area (Å²) in [6.45, 7) is 9.43. The van der Waals surface area contributed by atoms with Crippen LogP contribution in [-0.4, -0.2) is 16.7 Å². The third kappa shape index (κ3) is 2.05. The fourth-order valence-electron chi connectivity index (χ4n) is 2.64. The molecule has 0 bridgehead atoms. The van der Waals surface area contributed by atoms with Gasteiger partial charge in [-0.15, -0.1) is 0 Å². The molecule has 4 nitrogen and oxygen atoms in total. The van der Waals surface area contributed by atoms with E-state index in [1.807, 2.05) is 18.2 Å². The van der Waals surface area contributed by atoms with Crippen molar-refractivity contribution in [3.05, 3.63) is 29.8 Å². The second-order valence-electron chi connectivity index (χ2n) is 6.21. The lowest BCUT2D eigenvalue weighted by Gasteiger charge is -2.33. The standard InChI is InChI=1S/C16H21N3O/c1-10(2)9-17-15-13-14(18-19-15)11-7-5-6-8-12(11)20-16(13,3)4/h5-8,10H,9H2,1-4H3,(H2,17,18,19). The quantitative estimate of drug-likeness (QED) is 0.893. The zero-order valence-corrected chi connectivity index (χ0v) is 12.4. The van der Waals surface area contributed by atoms with Gasteiger partial charge in [-0.2, -0.15) is 5.10 Å². The van der Waals surface area contributed by atoms with Gasteiger partial charge in [0.25, 0.3) is 0 Å². The molecule has 2 aromatic rings. The van der Waals surface area contributed by atoms with Crippen LogP contribution in [0.25, 0.3) is 11.3 Å². The molecule has 0 aliphatic carbocycles. The van der Waals surface area contributed by atoms with Crippen LogP contribution in [0.2, 0.25) is 0 Å². The van der Waals surface area contributed by atoms with E-state index in [1.54, 1.807) is 0 Å². The molecule has 1 aliphatic rings. The minimum atomic E-state index is -0.393. The highest BCUT2D eigenvalue weighted by Gasteiger charge is 2.37. The van der Waals surface area contributed by atoms with E-state index >= 15 is 0 Å². The molecular weight excluding hydrogens is 250 g/mol. The molecule has 1 aromatic heterocycles. The number of para-hydroxylation sites is 1. The highest BCUT2D eigenvalue weighted by Crippen LogP contribution is 2.46. The second-order valence-corrected chi connectivity index (χ2v) is 6.21. The normalized spacial score (nSPS) is 15.4. The number of nitrogens with zero attached hydrogens (tertiary/aromatic N) is 1. The topological polar surface area (TPSA) is 49.9 Å². The van der Waals surface area contributed by atoms with Gasteiger partial charge in [0.05, 0.1) is 11.3 Å². The van der Waals surface area contributed by atoms with Gasteiger partial charge in [0.15, 0.2) is 5.82 Å². The molecule has 20 heavy (non-hydrogen) atoms. The van der Waals surface area contributed by atoms with E-state index in [9.17, 15) is 0 Å². The van der Waals surface area contributed by atoms with Crippen molar-refractivity contribution in [3.63, 3.8) is 0 Å². The molecule has 3 rings (SSSR count). The molecule has 2 N–H and O–H groups in total. The summed E-state index contributed by atoms with van der Waals surface area (Å²) in [5, 5.41) is 11.0. The minimum absolute atomic E-state index is 0.393. The molecule has 0 atom stereocenters. The van der Waals surface area contributed by atoms with E-state index in [-0.39, 0.29) is 0 Å². The van der Waals surface area contributed by atoms with Crippen molar-refractivity contribution in [2.45, 2.75) is 33.3 Å². The van der Waals surface area contributed by atoms with Crippen LogP contribution in [0, 0.1) is 5.92 Å². The lowest BCUT2D eigenvalue weighted by Crippen LogP contribution is -2.30. The predicted molar refractivity (Wildman–Crippen MR) is 81.0 cm³/mol. The molecule has 0 fully saturated rings. The Balaban J connectivity index is 2.07. The van der Waals surface area contributed by atoms with Gasteiger partial charge in [0.1, 0.15) is 11.4 Å². The van der Waals surface area contributed by atoms with E-state index in [0.717, 1.165) is 34.9 Å². The first-order valence-corrected chi connectivity index (χ1v) is 7.10. The van der Waals surface area contributed by atoms with Gasteiger partial charge in [0, 0.05) is 12.1 Å². The summed E-state index contributed by atoms with van der Waals surface area (Å²) in [5.41, 5.74) is 2.85. The Labute approximate surface area is 119 Å². The molecule has 4 heteroatoms. The zero-order valence-electron chi connectivity index (χ0n) is 12.4. The van der Waals surface area contributed by atoms with Crippen LogP contribution in [-0.2, 0) is 5.60 Å². The summed E-state index contributed by atoms with van der Waals surface area (Å²) in [7, 11) is 0. The first-order valence-electron chi connectivity index (χ1n) is 7.10. The van der Waals surface area contributed by atoms with Crippen LogP contribution >= 0.6 is 0 Å². The third-order valence-corrected chi connectivity index (χ3v) is 3.57. The molecule has 1 aromatic carbocycles. The van der Waals surface area contributed by atoms with Crippen molar-refractivity contribution >= 4 is 5.82 Å². The number of nitrogens with one attached hydrogen (secondary N) is 2. The Morgan fingerprint density at radius 3 is 2.80 bits per heavy atom. The third-order valence-electron chi connectivity index (χ3n) is 3.57. The van der Waals surface area contributed by atoms with Crippen molar-refractivity contribution in [2.24, 2.45) is 5.92 Å². The lowest BCUT2D eigenvalue weighted by molar-refractivity contribution is 0.106. The minimum Gasteiger partial charge on any atom is -0.482 e. The number of hydrogen-bond donors (Lipinski definition) is 2. The highest BCUT2D eigenvalue weighted by atomic mass is 16.5. The van der Waals surface area contributed by atoms with Crippen molar-refractivity contribution in [1.29, 1.82) is 0 Å². The van der Waals surface area contributed by atoms with E-state index in [2.05, 4.69) is 49.3 Å². The van der Waals surface area contributed by atoms with Crippen LogP contribution in [0.4, 0.5) is 5.82 Å². The number of rotatable bonds is 3. The van der Waals surface area contributed by atoms with Gasteiger partial charge in [-0.25, -0.2) is 0 Å². The molecule has 106 valence electrons. The van der Waals surface area contributed by atoms with Gasteiger partial charge < -0.3 is 10.1 Å². The average molecular weight is 271 g/mol. The Kier molecular flexibility index (Phi) is 2.96. The SMILES string of the molecule is CC(C)CNc1n[nH]c2c1C(C)(C)Oc1ccccc1-2. The first kappa shape index (κ1) is 13.0. The molecule has 0 unspecified atom stereocenters. The maximum Gasteiger partial charge on any atom is 0.155 e. The summed E-state index contributed by atoms with van der Waals surface area (Å²) >= 11 is 0. The lowest BCUT2D eigenvalue weighted by atomic mass is 9.90. The summed E-state index contributed by atoms with van der Waals surface area (Å²) in [5.74, 6) is 2.37. The molecule has 2 heterocycles. The number of benzene rings is 1. The number of aromatic nitrogens is 2. The van der Waals surface area contributed by atoms with Crippen LogP contribution < -0.4 is 10.1 Å². The molecule has 0 radical (unpaired) electrons. The monoisotopic (exact) mass is 271 g/mol. The fraction of sp³-hybridized carbons (Fsp3) is 0.438. The molecule has 1 aliphatic heterocycles. The number of H-pyrrole nitrogens is 1. The van der Waals surface area contributed by atoms with Crippen LogP contribution in [0.15, 0.2) is 24.3 Å². The first-order chi connectivity index (χ1) is 9.49. The number of anilines is 1. The molecule has 0 saturated heterocycles. The van der Waals surface area contributed by atoms with E-state index in [0.29, 0.717) is 5.92 Å². The van der Waals surface area contributed by atoms with E-state index in [1.165, 1.54) is 0 Å². The predicted octanol–water partition coefficient (Wildman–Crippen LogP) is 3.77. The number of hydrogen-bond acceptors (Lipinski definition) is 3. The summed E-state index contributed by atoms with van der Waals surface area (Å²) in [6, 6.07) is 8.08. The van der Waals surface area contributed by atoms with E-state index < -0.39 is 5.60 Å². The van der Waals surface area contributed by atoms with Gasteiger partial charge in [0.2, 0.25) is 0 Å². The van der Waals surface area contributed by atoms with Gasteiger partial charge in [-0.05, 0) is 31.9 Å². The van der Waals surface area contributed by atoms with Crippen molar-refractivity contribution in [3.8, 4) is 17.0 Å². The van der Waals surface area contributed by atoms with Crippen molar-refractivity contribution in [2.75, 3.05) is 11.9 Å². The Bertz CT molecular complexity index is 628. The molecule has 0 amide bonds. The Morgan fingerprint density at radius 1 is 1.30 bits per heavy atom. The number of ether oxygens (including phenoxy) is 1. The van der Waals surface area contributed by atoms with Gasteiger partial charge in [-0.1, -0.05) is 26.0 Å². The fourth-order valence-corrected chi connectivity index (χ4v) is 2.64. The Morgan fingerprint density at radius 2 is 2.05 bits per heavy atom. The van der Waals surface area contributed by atoms with Crippen molar-refractivity contribution in [1.82, 2.24) is 10.2 Å². The van der Waals surface area contributed by atoms with Crippen LogP contribution in [0.5, 0.6) is 5.75 Å². The summed E-state index contributed by atoms with van der Waals surface area (Å²) in [6.07, 6.45) is 0. The highest BCUT2D eigenvalue weighted by molar-refractivity contribution is 5.77. The van der Waals surface area contributed by atoms with Gasteiger partial charge in [-0.3, -0.25) is 5.10 Å². The Hall–Kier alpha value is -1.97. The summed E-state index contributed by atoms with van der Waals surface area (Å²) in [4.78, 5) is 0. The average Bonchev–Trinajstić information content (AvgIpc) is 2.81. The molecular formula is C16H21N3O. The zero-order chi connectivity index (χ0) is 14.3. The maximum absolute atomic E-state index is 6.15. The van der Waals surface area contributed by atoms with Crippen LogP contribution in [0.1, 0.15) is 33.3 Å². The van der Waals surface area contributed by atoms with E-state index in [4.69, 9.17) is 4.74 Å².